The lowest BCUT2D eigenvalue weighted by molar-refractivity contribution is -0.146. The number of nitrogens with two attached hydrogens (primary N) is 2. The van der Waals surface area contributed by atoms with Crippen molar-refractivity contribution >= 4 is 57.4 Å². The summed E-state index contributed by atoms with van der Waals surface area (Å²) in [5, 5.41) is 0. The Morgan fingerprint density at radius 1 is 0.639 bits per heavy atom. The van der Waals surface area contributed by atoms with Gasteiger partial charge in [-0.15, -0.1) is 0 Å². The summed E-state index contributed by atoms with van der Waals surface area (Å²) in [6.07, 6.45) is 1.56. The number of carbonyl (C=O) groups is 4. The van der Waals surface area contributed by atoms with E-state index >= 15 is 17.6 Å². The highest BCUT2D eigenvalue weighted by atomic mass is 19.1. The maximum atomic E-state index is 17.5. The second-order valence-electron chi connectivity index (χ2n) is 23.6. The Morgan fingerprint density at radius 3 is 1.66 bits per heavy atom. The fourth-order valence-corrected chi connectivity index (χ4v) is 14.5. The van der Waals surface area contributed by atoms with Gasteiger partial charge in [-0.3, -0.25) is 9.59 Å². The molecule has 6 aromatic rings. The molecule has 2 aromatic heterocycles. The van der Waals surface area contributed by atoms with E-state index in [2.05, 4.69) is 22.1 Å². The summed E-state index contributed by atoms with van der Waals surface area (Å²) >= 11 is 0. The number of aromatic nitrogens is 4. The maximum Gasteiger partial charge on any atom is 0.405 e. The third-order valence-electron chi connectivity index (χ3n) is 18.9. The molecule has 440 valence electrons. The number of hydrogen-bond donors (Lipinski definition) is 4. The fourth-order valence-electron chi connectivity index (χ4n) is 14.5. The number of piperidine rings is 1. The number of benzene rings is 4. The number of aromatic amines is 2. The number of ether oxygens (including phenoxy) is 4. The van der Waals surface area contributed by atoms with Gasteiger partial charge in [0.25, 0.3) is 11.8 Å². The zero-order valence-corrected chi connectivity index (χ0v) is 46.6. The molecule has 22 heteroatoms. The molecule has 0 bridgehead atoms. The van der Waals surface area contributed by atoms with Crippen LogP contribution in [0.5, 0.6) is 0 Å². The Morgan fingerprint density at radius 2 is 1.14 bits per heavy atom. The van der Waals surface area contributed by atoms with Crippen molar-refractivity contribution in [2.45, 2.75) is 126 Å². The highest BCUT2D eigenvalue weighted by molar-refractivity contribution is 5.86. The van der Waals surface area contributed by atoms with Crippen LogP contribution >= 0.6 is 0 Å². The first-order valence-corrected chi connectivity index (χ1v) is 29.2. The standard InChI is InChI=1S/C61H70F4N10O8/c1-33-26-51(39-29-45-47(31-41(39)62)70-55(68-45)49-10-6-18-73(49)57(76)53(82-59(66)78)36-14-22-80-23-15-36)75(38-27-43(64)52(44(65)28-38)72-20-12-35(13-21-72)34-8-4-3-5-9-34)61(33,2)40-30-46-48(32-42(40)63)71-56(69-46)50-11-7-19-74(50)58(77)54(83-60(67)79)37-16-24-81-25-17-37/h3-5,8-9,27-33,35-37,49-51,53-54H,6-7,10-26H2,1-2H3,(H2,66,78)(H2,67,79)(H,68,70)(H,69,71)/t33?,49?,50?,51?,53-,54-,61+/m0/s1. The predicted molar refractivity (Wildman–Crippen MR) is 299 cm³/mol. The summed E-state index contributed by atoms with van der Waals surface area (Å²) in [6.45, 7) is 6.90. The summed E-state index contributed by atoms with van der Waals surface area (Å²) in [5.41, 5.74) is 12.4. The molecule has 6 N–H and O–H groups in total. The molecule has 7 atom stereocenters. The minimum absolute atomic E-state index is 0.0732. The van der Waals surface area contributed by atoms with Crippen molar-refractivity contribution in [2.24, 2.45) is 29.2 Å². The largest absolute Gasteiger partial charge is 0.436 e. The molecule has 0 radical (unpaired) electrons. The van der Waals surface area contributed by atoms with Crippen LogP contribution in [0.4, 0.5) is 38.5 Å². The second kappa shape index (κ2) is 22.9. The molecule has 6 saturated heterocycles. The molecule has 4 aromatic carbocycles. The van der Waals surface area contributed by atoms with E-state index in [-0.39, 0.29) is 57.7 Å². The monoisotopic (exact) mass is 1150 g/mol. The Bertz CT molecular complexity index is 3400. The van der Waals surface area contributed by atoms with E-state index in [0.29, 0.717) is 139 Å². The highest BCUT2D eigenvalue weighted by Crippen LogP contribution is 2.56. The molecule has 18 nitrogen and oxygen atoms in total. The predicted octanol–water partition coefficient (Wildman–Crippen LogP) is 9.99. The van der Waals surface area contributed by atoms with E-state index in [1.165, 1.54) is 29.8 Å². The van der Waals surface area contributed by atoms with Crippen LogP contribution in [0.1, 0.15) is 137 Å². The van der Waals surface area contributed by atoms with Gasteiger partial charge in [-0.1, -0.05) is 37.3 Å². The lowest BCUT2D eigenvalue weighted by Crippen LogP contribution is -2.47. The third-order valence-corrected chi connectivity index (χ3v) is 18.9. The van der Waals surface area contributed by atoms with Gasteiger partial charge in [0.1, 0.15) is 29.0 Å². The quantitative estimate of drug-likeness (QED) is 0.0793. The number of H-pyrrole nitrogens is 2. The number of anilines is 2. The van der Waals surface area contributed by atoms with Crippen molar-refractivity contribution in [1.82, 2.24) is 29.7 Å². The molecule has 12 rings (SSSR count). The van der Waals surface area contributed by atoms with Crippen LogP contribution in [0.15, 0.2) is 66.7 Å². The summed E-state index contributed by atoms with van der Waals surface area (Å²) < 4.78 is 91.0. The number of hydrogen-bond acceptors (Lipinski definition) is 12. The van der Waals surface area contributed by atoms with E-state index in [0.717, 1.165) is 0 Å². The average molecular weight is 1150 g/mol. The Kier molecular flexibility index (Phi) is 15.5. The number of halogens is 4. The van der Waals surface area contributed by atoms with Gasteiger partial charge in [0.2, 0.25) is 0 Å². The number of nitrogens with zero attached hydrogens (tertiary/aromatic N) is 6. The van der Waals surface area contributed by atoms with Crippen LogP contribution < -0.4 is 21.3 Å². The van der Waals surface area contributed by atoms with Gasteiger partial charge in [0.05, 0.1) is 45.7 Å². The molecule has 83 heavy (non-hydrogen) atoms. The number of primary amides is 2. The van der Waals surface area contributed by atoms with Crippen molar-refractivity contribution in [1.29, 1.82) is 0 Å². The van der Waals surface area contributed by atoms with Gasteiger partial charge in [-0.05, 0) is 119 Å². The molecule has 4 amide bonds. The lowest BCUT2D eigenvalue weighted by atomic mass is 9.80. The summed E-state index contributed by atoms with van der Waals surface area (Å²) in [4.78, 5) is 75.9. The van der Waals surface area contributed by atoms with Crippen LogP contribution in [-0.2, 0) is 34.1 Å². The molecule has 6 aliphatic rings. The fraction of sp³-hybridized carbons (Fsp3) is 0.508. The number of likely N-dealkylation sites (tertiary alicyclic amines) is 2. The smallest absolute Gasteiger partial charge is 0.405 e. The second-order valence-corrected chi connectivity index (χ2v) is 23.6. The van der Waals surface area contributed by atoms with Crippen LogP contribution in [0.3, 0.4) is 0 Å². The van der Waals surface area contributed by atoms with Gasteiger partial charge in [-0.2, -0.15) is 0 Å². The minimum Gasteiger partial charge on any atom is -0.436 e. The van der Waals surface area contributed by atoms with Crippen molar-refractivity contribution in [3.8, 4) is 0 Å². The number of nitrogens with one attached hydrogen (secondary N) is 2. The van der Waals surface area contributed by atoms with E-state index in [4.69, 9.17) is 40.4 Å². The highest BCUT2D eigenvalue weighted by Gasteiger charge is 2.53. The van der Waals surface area contributed by atoms with Crippen molar-refractivity contribution in [3.63, 3.8) is 0 Å². The maximum absolute atomic E-state index is 17.5. The van der Waals surface area contributed by atoms with Crippen molar-refractivity contribution in [2.75, 3.05) is 62.4 Å². The minimum atomic E-state index is -1.40. The van der Waals surface area contributed by atoms with E-state index in [1.54, 1.807) is 38.7 Å². The number of amides is 4. The van der Waals surface area contributed by atoms with Crippen LogP contribution in [0, 0.1) is 41.0 Å². The molecular formula is C61H70F4N10O8. The van der Waals surface area contributed by atoms with E-state index in [9.17, 15) is 19.2 Å². The first kappa shape index (κ1) is 56.0. The van der Waals surface area contributed by atoms with Crippen molar-refractivity contribution < 1.29 is 55.7 Å². The first-order valence-electron chi connectivity index (χ1n) is 29.2. The summed E-state index contributed by atoms with van der Waals surface area (Å²) in [6, 6.07) is 16.4. The topological polar surface area (TPSA) is 228 Å². The number of imidazole rings is 2. The molecule has 0 aliphatic carbocycles. The molecule has 0 spiro atoms. The summed E-state index contributed by atoms with van der Waals surface area (Å²) in [7, 11) is 0. The van der Waals surface area contributed by atoms with Crippen molar-refractivity contribution in [3.05, 3.63) is 118 Å². The lowest BCUT2D eigenvalue weighted by Gasteiger charge is -2.43. The normalized spacial score (nSPS) is 24.7. The third kappa shape index (κ3) is 10.6. The van der Waals surface area contributed by atoms with Gasteiger partial charge in [0, 0.05) is 93.4 Å². The van der Waals surface area contributed by atoms with Gasteiger partial charge < -0.3 is 60.0 Å². The first-order chi connectivity index (χ1) is 40.0. The molecule has 6 aliphatic heterocycles. The van der Waals surface area contributed by atoms with Crippen LogP contribution in [-0.4, -0.2) is 119 Å². The van der Waals surface area contributed by atoms with Gasteiger partial charge in [-0.25, -0.2) is 37.1 Å². The number of fused-ring (bicyclic) bond motifs is 2. The van der Waals surface area contributed by atoms with Crippen LogP contribution in [0.2, 0.25) is 0 Å². The molecule has 6 fully saturated rings. The zero-order valence-electron chi connectivity index (χ0n) is 46.6. The molecule has 0 saturated carbocycles. The number of carbonyl (C=O) groups excluding carboxylic acids is 4. The van der Waals surface area contributed by atoms with E-state index < -0.39 is 89.1 Å². The van der Waals surface area contributed by atoms with E-state index in [1.807, 2.05) is 25.1 Å². The van der Waals surface area contributed by atoms with Gasteiger partial charge >= 0.3 is 12.2 Å². The molecule has 8 heterocycles. The zero-order chi connectivity index (χ0) is 57.8. The average Bonchev–Trinajstić information content (AvgIpc) is 2.13. The Balaban J connectivity index is 0.901. The molecular weight excluding hydrogens is 1080 g/mol. The molecule has 4 unspecified atom stereocenters. The van der Waals surface area contributed by atoms with Crippen LogP contribution in [0.25, 0.3) is 22.1 Å². The SMILES string of the molecule is CC1CC(c2cc3[nH]c(C4CCCN4C(=O)[C@@H](OC(N)=O)C4CCOCC4)nc3cc2F)N(c2cc(F)c(N3CCC(c4ccccc4)CC3)c(F)c2)[C@@]1(C)c1cc2[nH]c(C3CCCN3C(=O)[C@@H](OC(N)=O)C3CCOCC3)nc2cc1F. The Hall–Kier alpha value is -7.46. The number of rotatable bonds is 13. The summed E-state index contributed by atoms with van der Waals surface area (Å²) in [5.74, 6) is -3.79. The van der Waals surface area contributed by atoms with Gasteiger partial charge in [0.15, 0.2) is 23.8 Å². The Labute approximate surface area is 477 Å².